The van der Waals surface area contributed by atoms with Gasteiger partial charge in [0.15, 0.2) is 17.3 Å². The number of aryl methyl sites for hydroxylation is 1. The third-order valence-corrected chi connectivity index (χ3v) is 3.53. The number of hydrogen-bond acceptors (Lipinski definition) is 5. The summed E-state index contributed by atoms with van der Waals surface area (Å²) in [6.45, 7) is 1.88. The Labute approximate surface area is 131 Å². The van der Waals surface area contributed by atoms with Gasteiger partial charge >= 0.3 is 5.97 Å². The molecule has 0 unspecified atom stereocenters. The number of aromatic nitrogens is 1. The van der Waals surface area contributed by atoms with E-state index in [9.17, 15) is 20.1 Å². The fourth-order valence-corrected chi connectivity index (χ4v) is 2.47. The molecule has 0 amide bonds. The summed E-state index contributed by atoms with van der Waals surface area (Å²) in [4.78, 5) is 11.5. The maximum atomic E-state index is 11.5. The SMILES string of the molecule is Cc1ccc(-c2c(C(=O)O)ccc(O)c2O)c(-c2ccno2)c1. The van der Waals surface area contributed by atoms with Gasteiger partial charge < -0.3 is 19.8 Å². The summed E-state index contributed by atoms with van der Waals surface area (Å²) < 4.78 is 5.17. The normalized spacial score (nSPS) is 10.7. The molecule has 116 valence electrons. The summed E-state index contributed by atoms with van der Waals surface area (Å²) in [6, 6.07) is 9.28. The van der Waals surface area contributed by atoms with Gasteiger partial charge in [0.05, 0.1) is 11.8 Å². The van der Waals surface area contributed by atoms with Crippen LogP contribution in [0, 0.1) is 6.92 Å². The molecule has 0 aliphatic heterocycles. The van der Waals surface area contributed by atoms with E-state index in [0.29, 0.717) is 16.9 Å². The van der Waals surface area contributed by atoms with E-state index in [1.54, 1.807) is 24.3 Å². The fraction of sp³-hybridized carbons (Fsp3) is 0.0588. The lowest BCUT2D eigenvalue weighted by atomic mass is 9.92. The Bertz CT molecular complexity index is 884. The summed E-state index contributed by atoms with van der Waals surface area (Å²) >= 11 is 0. The number of nitrogens with zero attached hydrogens (tertiary/aromatic N) is 1. The number of carboxylic acids is 1. The van der Waals surface area contributed by atoms with E-state index in [1.165, 1.54) is 12.3 Å². The lowest BCUT2D eigenvalue weighted by Crippen LogP contribution is -2.01. The van der Waals surface area contributed by atoms with Crippen LogP contribution in [0.2, 0.25) is 0 Å². The van der Waals surface area contributed by atoms with Crippen LogP contribution in [0.1, 0.15) is 15.9 Å². The van der Waals surface area contributed by atoms with E-state index < -0.39 is 17.5 Å². The highest BCUT2D eigenvalue weighted by Gasteiger charge is 2.22. The largest absolute Gasteiger partial charge is 0.504 e. The van der Waals surface area contributed by atoms with Crippen molar-refractivity contribution >= 4 is 5.97 Å². The summed E-state index contributed by atoms with van der Waals surface area (Å²) in [7, 11) is 0. The first-order valence-electron chi connectivity index (χ1n) is 6.79. The van der Waals surface area contributed by atoms with Gasteiger partial charge in [-0.05, 0) is 30.7 Å². The molecule has 0 bridgehead atoms. The molecule has 0 fully saturated rings. The monoisotopic (exact) mass is 311 g/mol. The smallest absolute Gasteiger partial charge is 0.336 e. The maximum Gasteiger partial charge on any atom is 0.336 e. The van der Waals surface area contributed by atoms with Crippen molar-refractivity contribution in [3.63, 3.8) is 0 Å². The van der Waals surface area contributed by atoms with Crippen LogP contribution < -0.4 is 0 Å². The number of benzene rings is 2. The van der Waals surface area contributed by atoms with Crippen LogP contribution in [0.15, 0.2) is 47.1 Å². The van der Waals surface area contributed by atoms with E-state index >= 15 is 0 Å². The maximum absolute atomic E-state index is 11.5. The standard InChI is InChI=1S/C17H13NO5/c1-9-2-3-10(12(8-9)14-6-7-18-23-14)15-11(17(21)22)4-5-13(19)16(15)20/h2-8,19-20H,1H3,(H,21,22). The number of phenolic OH excluding ortho intramolecular Hbond substituents is 2. The van der Waals surface area contributed by atoms with Crippen molar-refractivity contribution in [1.29, 1.82) is 0 Å². The molecule has 0 radical (unpaired) electrons. The van der Waals surface area contributed by atoms with Crippen molar-refractivity contribution in [2.45, 2.75) is 6.92 Å². The third-order valence-electron chi connectivity index (χ3n) is 3.53. The van der Waals surface area contributed by atoms with Gasteiger partial charge in [-0.1, -0.05) is 22.9 Å². The summed E-state index contributed by atoms with van der Waals surface area (Å²) in [5, 5.41) is 33.0. The van der Waals surface area contributed by atoms with Crippen LogP contribution in [-0.2, 0) is 0 Å². The zero-order valence-electron chi connectivity index (χ0n) is 12.1. The second-order valence-corrected chi connectivity index (χ2v) is 5.09. The molecule has 0 atom stereocenters. The highest BCUT2D eigenvalue weighted by molar-refractivity contribution is 6.01. The van der Waals surface area contributed by atoms with Crippen molar-refractivity contribution < 1.29 is 24.6 Å². The molecular formula is C17H13NO5. The number of carboxylic acid groups (broad SMARTS) is 1. The van der Waals surface area contributed by atoms with E-state index in [1.807, 2.05) is 6.92 Å². The lowest BCUT2D eigenvalue weighted by molar-refractivity contribution is 0.0697. The van der Waals surface area contributed by atoms with Crippen molar-refractivity contribution in [2.24, 2.45) is 0 Å². The quantitative estimate of drug-likeness (QED) is 0.640. The van der Waals surface area contributed by atoms with Crippen LogP contribution in [0.5, 0.6) is 11.5 Å². The first-order valence-corrected chi connectivity index (χ1v) is 6.79. The molecule has 0 saturated carbocycles. The highest BCUT2D eigenvalue weighted by Crippen LogP contribution is 2.43. The van der Waals surface area contributed by atoms with Gasteiger partial charge in [-0.15, -0.1) is 0 Å². The predicted octanol–water partition coefficient (Wildman–Crippen LogP) is 3.43. The molecule has 0 aliphatic rings. The Hall–Kier alpha value is -3.28. The molecule has 3 aromatic rings. The third kappa shape index (κ3) is 2.50. The zero-order valence-corrected chi connectivity index (χ0v) is 12.1. The van der Waals surface area contributed by atoms with E-state index in [0.717, 1.165) is 11.6 Å². The number of aromatic hydroxyl groups is 2. The lowest BCUT2D eigenvalue weighted by Gasteiger charge is -2.14. The molecule has 2 aromatic carbocycles. The molecule has 0 aliphatic carbocycles. The van der Waals surface area contributed by atoms with Gasteiger partial charge in [-0.25, -0.2) is 4.79 Å². The first kappa shape index (κ1) is 14.6. The Morgan fingerprint density at radius 3 is 2.52 bits per heavy atom. The number of rotatable bonds is 3. The van der Waals surface area contributed by atoms with Gasteiger partial charge in [0.1, 0.15) is 0 Å². The number of phenols is 2. The number of aromatic carboxylic acids is 1. The Morgan fingerprint density at radius 1 is 1.09 bits per heavy atom. The Kier molecular flexibility index (Phi) is 3.50. The van der Waals surface area contributed by atoms with Gasteiger partial charge in [-0.2, -0.15) is 0 Å². The summed E-state index contributed by atoms with van der Waals surface area (Å²) in [5.41, 5.74) is 1.84. The van der Waals surface area contributed by atoms with Crippen LogP contribution in [0.4, 0.5) is 0 Å². The molecule has 3 rings (SSSR count). The minimum Gasteiger partial charge on any atom is -0.504 e. The van der Waals surface area contributed by atoms with Gasteiger partial charge in [0.2, 0.25) is 0 Å². The fourth-order valence-electron chi connectivity index (χ4n) is 2.47. The van der Waals surface area contributed by atoms with Crippen LogP contribution in [0.25, 0.3) is 22.5 Å². The molecule has 0 spiro atoms. The molecule has 3 N–H and O–H groups in total. The van der Waals surface area contributed by atoms with E-state index in [-0.39, 0.29) is 11.1 Å². The van der Waals surface area contributed by atoms with Gasteiger partial charge in [-0.3, -0.25) is 0 Å². The predicted molar refractivity (Wildman–Crippen MR) is 82.4 cm³/mol. The number of carbonyl (C=O) groups is 1. The zero-order chi connectivity index (χ0) is 16.6. The molecule has 0 saturated heterocycles. The molecule has 6 nitrogen and oxygen atoms in total. The minimum atomic E-state index is -1.21. The van der Waals surface area contributed by atoms with Crippen molar-refractivity contribution in [2.75, 3.05) is 0 Å². The van der Waals surface area contributed by atoms with Crippen LogP contribution in [0.3, 0.4) is 0 Å². The average Bonchev–Trinajstić information content (AvgIpc) is 3.04. The van der Waals surface area contributed by atoms with Crippen molar-refractivity contribution in [1.82, 2.24) is 5.16 Å². The molecule has 23 heavy (non-hydrogen) atoms. The second kappa shape index (κ2) is 5.49. The Balaban J connectivity index is 2.37. The average molecular weight is 311 g/mol. The number of hydrogen-bond donors (Lipinski definition) is 3. The van der Waals surface area contributed by atoms with E-state index in [2.05, 4.69) is 5.16 Å². The van der Waals surface area contributed by atoms with Crippen LogP contribution >= 0.6 is 0 Å². The first-order chi connectivity index (χ1) is 11.0. The van der Waals surface area contributed by atoms with Gasteiger partial charge in [0.25, 0.3) is 0 Å². The minimum absolute atomic E-state index is 0.0314. The summed E-state index contributed by atoms with van der Waals surface area (Å²) in [6.07, 6.45) is 1.47. The molecule has 1 aromatic heterocycles. The van der Waals surface area contributed by atoms with Crippen molar-refractivity contribution in [3.8, 4) is 33.9 Å². The molecular weight excluding hydrogens is 298 g/mol. The molecule has 1 heterocycles. The second-order valence-electron chi connectivity index (χ2n) is 5.09. The van der Waals surface area contributed by atoms with Crippen molar-refractivity contribution in [3.05, 3.63) is 53.7 Å². The van der Waals surface area contributed by atoms with Crippen LogP contribution in [-0.4, -0.2) is 26.4 Å². The highest BCUT2D eigenvalue weighted by atomic mass is 16.5. The topological polar surface area (TPSA) is 104 Å². The summed E-state index contributed by atoms with van der Waals surface area (Å²) in [5.74, 6) is -1.66. The van der Waals surface area contributed by atoms with Gasteiger partial charge in [0, 0.05) is 17.2 Å². The van der Waals surface area contributed by atoms with E-state index in [4.69, 9.17) is 4.52 Å². The molecule has 6 heteroatoms. The Morgan fingerprint density at radius 2 is 1.87 bits per heavy atom.